The molecule has 0 spiro atoms. The molecule has 3 fully saturated rings. The van der Waals surface area contributed by atoms with E-state index in [-0.39, 0.29) is 0 Å². The Morgan fingerprint density at radius 2 is 2.07 bits per heavy atom. The van der Waals surface area contributed by atoms with E-state index >= 15 is 0 Å². The van der Waals surface area contributed by atoms with E-state index in [1.807, 2.05) is 0 Å². The summed E-state index contributed by atoms with van der Waals surface area (Å²) >= 11 is 0. The van der Waals surface area contributed by atoms with E-state index in [0.717, 1.165) is 17.8 Å². The molecule has 14 heavy (non-hydrogen) atoms. The van der Waals surface area contributed by atoms with Gasteiger partial charge in [-0.2, -0.15) is 0 Å². The number of rotatable bonds is 1. The standard InChI is InChI=1S/C13H23N/c1-10(2)13-7-4-8-14(13)9-11-5-3-6-12(11)13/h10-12H,3-9H2,1-2H3. The summed E-state index contributed by atoms with van der Waals surface area (Å²) in [5.74, 6) is 3.00. The highest BCUT2D eigenvalue weighted by Gasteiger charge is 2.57. The zero-order valence-electron chi connectivity index (χ0n) is 9.63. The molecular formula is C13H23N. The zero-order chi connectivity index (χ0) is 9.76. The fourth-order valence-electron chi connectivity index (χ4n) is 4.88. The average Bonchev–Trinajstić information content (AvgIpc) is 2.71. The van der Waals surface area contributed by atoms with Crippen LogP contribution in [0.2, 0.25) is 0 Å². The second-order valence-electron chi connectivity index (χ2n) is 5.99. The van der Waals surface area contributed by atoms with Crippen LogP contribution in [0.5, 0.6) is 0 Å². The topological polar surface area (TPSA) is 3.24 Å². The molecule has 0 aromatic rings. The molecule has 1 aliphatic carbocycles. The Hall–Kier alpha value is -0.0400. The zero-order valence-corrected chi connectivity index (χ0v) is 9.63. The average molecular weight is 193 g/mol. The van der Waals surface area contributed by atoms with Gasteiger partial charge in [-0.1, -0.05) is 20.3 Å². The summed E-state index contributed by atoms with van der Waals surface area (Å²) in [6, 6.07) is 0. The molecule has 1 saturated carbocycles. The van der Waals surface area contributed by atoms with E-state index in [9.17, 15) is 0 Å². The van der Waals surface area contributed by atoms with Gasteiger partial charge >= 0.3 is 0 Å². The SMILES string of the molecule is CC(C)C12CCCN1CC1CCCC12. The Morgan fingerprint density at radius 3 is 2.86 bits per heavy atom. The van der Waals surface area contributed by atoms with Gasteiger partial charge in [0.05, 0.1) is 0 Å². The summed E-state index contributed by atoms with van der Waals surface area (Å²) in [5, 5.41) is 0. The summed E-state index contributed by atoms with van der Waals surface area (Å²) in [5.41, 5.74) is 0.640. The summed E-state index contributed by atoms with van der Waals surface area (Å²) in [7, 11) is 0. The van der Waals surface area contributed by atoms with Crippen LogP contribution in [0, 0.1) is 17.8 Å². The summed E-state index contributed by atoms with van der Waals surface area (Å²) in [6.45, 7) is 7.74. The van der Waals surface area contributed by atoms with Gasteiger partial charge in [0.25, 0.3) is 0 Å². The molecule has 2 saturated heterocycles. The van der Waals surface area contributed by atoms with E-state index in [0.29, 0.717) is 5.54 Å². The highest BCUT2D eigenvalue weighted by atomic mass is 15.3. The first kappa shape index (κ1) is 9.21. The minimum absolute atomic E-state index is 0.640. The van der Waals surface area contributed by atoms with Crippen molar-refractivity contribution in [2.45, 2.75) is 51.5 Å². The molecule has 3 unspecified atom stereocenters. The van der Waals surface area contributed by atoms with Crippen LogP contribution < -0.4 is 0 Å². The van der Waals surface area contributed by atoms with Crippen LogP contribution in [-0.2, 0) is 0 Å². The monoisotopic (exact) mass is 193 g/mol. The predicted molar refractivity (Wildman–Crippen MR) is 59.2 cm³/mol. The van der Waals surface area contributed by atoms with Gasteiger partial charge < -0.3 is 0 Å². The quantitative estimate of drug-likeness (QED) is 0.619. The van der Waals surface area contributed by atoms with Gasteiger partial charge in [-0.3, -0.25) is 4.90 Å². The molecule has 1 nitrogen and oxygen atoms in total. The van der Waals surface area contributed by atoms with Gasteiger partial charge in [-0.25, -0.2) is 0 Å². The molecule has 0 aromatic carbocycles. The van der Waals surface area contributed by atoms with Crippen molar-refractivity contribution >= 4 is 0 Å². The summed E-state index contributed by atoms with van der Waals surface area (Å²) < 4.78 is 0. The van der Waals surface area contributed by atoms with Crippen LogP contribution in [0.1, 0.15) is 46.0 Å². The molecule has 2 aliphatic heterocycles. The molecule has 0 aromatic heterocycles. The van der Waals surface area contributed by atoms with Crippen LogP contribution in [0.4, 0.5) is 0 Å². The smallest absolute Gasteiger partial charge is 0.0264 e. The maximum Gasteiger partial charge on any atom is 0.0264 e. The van der Waals surface area contributed by atoms with Crippen molar-refractivity contribution in [1.82, 2.24) is 4.90 Å². The molecular weight excluding hydrogens is 170 g/mol. The second kappa shape index (κ2) is 2.98. The first-order valence-corrected chi connectivity index (χ1v) is 6.50. The molecule has 0 amide bonds. The van der Waals surface area contributed by atoms with E-state index in [4.69, 9.17) is 0 Å². The van der Waals surface area contributed by atoms with Crippen LogP contribution in [0.25, 0.3) is 0 Å². The Kier molecular flexibility index (Phi) is 1.96. The normalized spacial score (nSPS) is 47.4. The van der Waals surface area contributed by atoms with Crippen molar-refractivity contribution in [3.63, 3.8) is 0 Å². The summed E-state index contributed by atoms with van der Waals surface area (Å²) in [6.07, 6.45) is 7.51. The lowest BCUT2D eigenvalue weighted by atomic mass is 9.73. The largest absolute Gasteiger partial charge is 0.297 e. The fourth-order valence-corrected chi connectivity index (χ4v) is 4.88. The Balaban J connectivity index is 1.96. The fraction of sp³-hybridized carbons (Fsp3) is 1.00. The van der Waals surface area contributed by atoms with Crippen LogP contribution >= 0.6 is 0 Å². The molecule has 0 bridgehead atoms. The molecule has 1 heteroatoms. The second-order valence-corrected chi connectivity index (χ2v) is 5.99. The van der Waals surface area contributed by atoms with Crippen molar-refractivity contribution in [2.24, 2.45) is 17.8 Å². The van der Waals surface area contributed by atoms with E-state index < -0.39 is 0 Å². The van der Waals surface area contributed by atoms with E-state index in [2.05, 4.69) is 18.7 Å². The van der Waals surface area contributed by atoms with Crippen molar-refractivity contribution in [1.29, 1.82) is 0 Å². The third-order valence-electron chi connectivity index (χ3n) is 5.35. The van der Waals surface area contributed by atoms with Crippen molar-refractivity contribution in [3.05, 3.63) is 0 Å². The number of fused-ring (bicyclic) bond motifs is 3. The van der Waals surface area contributed by atoms with Crippen LogP contribution in [0.3, 0.4) is 0 Å². The minimum atomic E-state index is 0.640. The van der Waals surface area contributed by atoms with Crippen molar-refractivity contribution in [2.75, 3.05) is 13.1 Å². The first-order valence-electron chi connectivity index (χ1n) is 6.50. The molecule has 2 heterocycles. The number of nitrogens with zero attached hydrogens (tertiary/aromatic N) is 1. The van der Waals surface area contributed by atoms with Crippen molar-refractivity contribution in [3.8, 4) is 0 Å². The molecule has 3 rings (SSSR count). The lowest BCUT2D eigenvalue weighted by Crippen LogP contribution is -2.47. The Labute approximate surface area is 87.9 Å². The Morgan fingerprint density at radius 1 is 1.21 bits per heavy atom. The predicted octanol–water partition coefficient (Wildman–Crippen LogP) is 2.91. The van der Waals surface area contributed by atoms with Gasteiger partial charge in [0.1, 0.15) is 0 Å². The number of hydrogen-bond acceptors (Lipinski definition) is 1. The molecule has 0 N–H and O–H groups in total. The van der Waals surface area contributed by atoms with Crippen molar-refractivity contribution < 1.29 is 0 Å². The summed E-state index contributed by atoms with van der Waals surface area (Å²) in [4.78, 5) is 2.85. The van der Waals surface area contributed by atoms with Crippen LogP contribution in [-0.4, -0.2) is 23.5 Å². The van der Waals surface area contributed by atoms with Gasteiger partial charge in [0, 0.05) is 12.1 Å². The van der Waals surface area contributed by atoms with E-state index in [1.54, 1.807) is 0 Å². The minimum Gasteiger partial charge on any atom is -0.297 e. The third-order valence-corrected chi connectivity index (χ3v) is 5.35. The maximum absolute atomic E-state index is 2.85. The maximum atomic E-state index is 2.85. The third kappa shape index (κ3) is 0.946. The highest BCUT2D eigenvalue weighted by molar-refractivity contribution is 5.11. The van der Waals surface area contributed by atoms with Crippen LogP contribution in [0.15, 0.2) is 0 Å². The molecule has 3 atom stereocenters. The number of hydrogen-bond donors (Lipinski definition) is 0. The molecule has 80 valence electrons. The Bertz CT molecular complexity index is 235. The highest BCUT2D eigenvalue weighted by Crippen LogP contribution is 2.55. The molecule has 0 radical (unpaired) electrons. The van der Waals surface area contributed by atoms with E-state index in [1.165, 1.54) is 45.2 Å². The van der Waals surface area contributed by atoms with Gasteiger partial charge in [-0.15, -0.1) is 0 Å². The molecule has 3 aliphatic rings. The lowest BCUT2D eigenvalue weighted by Gasteiger charge is -2.41. The lowest BCUT2D eigenvalue weighted by molar-refractivity contribution is 0.0906. The first-order chi connectivity index (χ1) is 6.75. The van der Waals surface area contributed by atoms with Gasteiger partial charge in [-0.05, 0) is 50.0 Å². The van der Waals surface area contributed by atoms with Gasteiger partial charge in [0.15, 0.2) is 0 Å². The van der Waals surface area contributed by atoms with Gasteiger partial charge in [0.2, 0.25) is 0 Å².